The molecule has 178 valence electrons. The minimum Gasteiger partial charge on any atom is -0.483 e. The fourth-order valence-corrected chi connectivity index (χ4v) is 6.40. The van der Waals surface area contributed by atoms with Crippen LogP contribution < -0.4 is 10.1 Å². The van der Waals surface area contributed by atoms with Crippen LogP contribution in [0, 0.1) is 17.2 Å². The highest BCUT2D eigenvalue weighted by atomic mass is 32.2. The number of carbonyl (C=O) groups is 1. The number of hydrogen-bond donors (Lipinski definition) is 1. The number of hydrogen-bond acceptors (Lipinski definition) is 7. The Morgan fingerprint density at radius 3 is 2.85 bits per heavy atom. The van der Waals surface area contributed by atoms with E-state index in [1.807, 2.05) is 48.7 Å². The van der Waals surface area contributed by atoms with Crippen LogP contribution in [0.2, 0.25) is 0 Å². The van der Waals surface area contributed by atoms with Gasteiger partial charge in [-0.2, -0.15) is 5.26 Å². The lowest BCUT2D eigenvalue weighted by atomic mass is 9.86. The quantitative estimate of drug-likeness (QED) is 0.388. The molecule has 3 aromatic rings. The van der Waals surface area contributed by atoms with E-state index in [-0.39, 0.29) is 17.8 Å². The second-order valence-electron chi connectivity index (χ2n) is 8.33. The zero-order valence-electron chi connectivity index (χ0n) is 19.7. The molecule has 1 amide bonds. The van der Waals surface area contributed by atoms with Gasteiger partial charge in [-0.1, -0.05) is 43.3 Å². The van der Waals surface area contributed by atoms with Gasteiger partial charge in [0.15, 0.2) is 17.1 Å². The summed E-state index contributed by atoms with van der Waals surface area (Å²) in [5.74, 6) is 2.20. The van der Waals surface area contributed by atoms with E-state index in [2.05, 4.69) is 28.5 Å². The predicted molar refractivity (Wildman–Crippen MR) is 135 cm³/mol. The minimum atomic E-state index is -0.277. The maximum absolute atomic E-state index is 12.8. The van der Waals surface area contributed by atoms with Crippen molar-refractivity contribution in [2.45, 2.75) is 64.3 Å². The normalized spacial score (nSPS) is 15.9. The van der Waals surface area contributed by atoms with Crippen LogP contribution in [0.15, 0.2) is 35.5 Å². The van der Waals surface area contributed by atoms with E-state index < -0.39 is 0 Å². The molecule has 2 aromatic heterocycles. The summed E-state index contributed by atoms with van der Waals surface area (Å²) in [4.78, 5) is 14.0. The lowest BCUT2D eigenvalue weighted by molar-refractivity contribution is -0.113. The third-order valence-electron chi connectivity index (χ3n) is 6.12. The molecule has 4 rings (SSSR count). The SMILES string of the molecule is CCC1CCc2c(sc(NC(=O)CSc3nnc(C(C)Oc4ccccc4)n3CC)c2C#N)C1. The molecule has 0 radical (unpaired) electrons. The summed E-state index contributed by atoms with van der Waals surface area (Å²) in [5, 5.41) is 22.7. The third kappa shape index (κ3) is 5.29. The number of ether oxygens (including phenoxy) is 1. The Labute approximate surface area is 208 Å². The van der Waals surface area contributed by atoms with Gasteiger partial charge in [-0.3, -0.25) is 4.79 Å². The van der Waals surface area contributed by atoms with Gasteiger partial charge in [-0.25, -0.2) is 0 Å². The minimum absolute atomic E-state index is 0.145. The summed E-state index contributed by atoms with van der Waals surface area (Å²) in [6.45, 7) is 6.84. The van der Waals surface area contributed by atoms with Crippen LogP contribution in [0.25, 0.3) is 0 Å². The molecule has 0 saturated carbocycles. The Kier molecular flexibility index (Phi) is 7.91. The molecule has 1 aromatic carbocycles. The molecule has 0 fully saturated rings. The van der Waals surface area contributed by atoms with Crippen molar-refractivity contribution in [2.24, 2.45) is 5.92 Å². The van der Waals surface area contributed by atoms with E-state index in [1.54, 1.807) is 11.3 Å². The monoisotopic (exact) mass is 495 g/mol. The number of anilines is 1. The molecule has 0 saturated heterocycles. The standard InChI is InChI=1S/C25H29N5O2S2/c1-4-17-11-12-19-20(14-26)24(34-21(19)13-17)27-22(31)15-33-25-29-28-23(30(25)5-2)16(3)32-18-9-7-6-8-10-18/h6-10,16-17H,4-5,11-13,15H2,1-3H3,(H,27,31). The van der Waals surface area contributed by atoms with Crippen molar-refractivity contribution in [1.82, 2.24) is 14.8 Å². The number of nitrogens with one attached hydrogen (secondary N) is 1. The van der Waals surface area contributed by atoms with Crippen molar-refractivity contribution >= 4 is 34.0 Å². The molecule has 2 unspecified atom stereocenters. The fourth-order valence-electron chi connectivity index (χ4n) is 4.26. The number of fused-ring (bicyclic) bond motifs is 1. The summed E-state index contributed by atoms with van der Waals surface area (Å²) in [7, 11) is 0. The van der Waals surface area contributed by atoms with Gasteiger partial charge in [0.05, 0.1) is 11.3 Å². The second kappa shape index (κ2) is 11.1. The van der Waals surface area contributed by atoms with Gasteiger partial charge in [-0.15, -0.1) is 21.5 Å². The molecule has 2 atom stereocenters. The van der Waals surface area contributed by atoms with Crippen molar-refractivity contribution in [1.29, 1.82) is 5.26 Å². The Morgan fingerprint density at radius 1 is 1.35 bits per heavy atom. The van der Waals surface area contributed by atoms with Crippen molar-refractivity contribution in [3.05, 3.63) is 52.2 Å². The number of carbonyl (C=O) groups excluding carboxylic acids is 1. The fraction of sp³-hybridized carbons (Fsp3) is 0.440. The van der Waals surface area contributed by atoms with Crippen molar-refractivity contribution in [2.75, 3.05) is 11.1 Å². The molecular formula is C25H29N5O2S2. The lowest BCUT2D eigenvalue weighted by Crippen LogP contribution is -2.15. The Morgan fingerprint density at radius 2 is 2.15 bits per heavy atom. The number of amides is 1. The van der Waals surface area contributed by atoms with Crippen LogP contribution >= 0.6 is 23.1 Å². The summed E-state index contributed by atoms with van der Waals surface area (Å²) < 4.78 is 7.97. The molecule has 0 bridgehead atoms. The number of benzene rings is 1. The lowest BCUT2D eigenvalue weighted by Gasteiger charge is -2.20. The summed E-state index contributed by atoms with van der Waals surface area (Å²) >= 11 is 2.90. The molecule has 0 spiro atoms. The maximum Gasteiger partial charge on any atom is 0.235 e. The highest BCUT2D eigenvalue weighted by Crippen LogP contribution is 2.40. The van der Waals surface area contributed by atoms with Gasteiger partial charge in [0, 0.05) is 11.4 Å². The van der Waals surface area contributed by atoms with Crippen molar-refractivity contribution < 1.29 is 9.53 Å². The zero-order chi connectivity index (χ0) is 24.1. The maximum atomic E-state index is 12.8. The number of rotatable bonds is 9. The van der Waals surface area contributed by atoms with E-state index >= 15 is 0 Å². The van der Waals surface area contributed by atoms with Gasteiger partial charge in [-0.05, 0) is 56.7 Å². The topological polar surface area (TPSA) is 92.8 Å². The van der Waals surface area contributed by atoms with Gasteiger partial charge in [0.1, 0.15) is 16.8 Å². The van der Waals surface area contributed by atoms with Crippen LogP contribution in [0.4, 0.5) is 5.00 Å². The molecule has 2 heterocycles. The average Bonchev–Trinajstić information content (AvgIpc) is 3.42. The largest absolute Gasteiger partial charge is 0.483 e. The number of para-hydroxylation sites is 1. The van der Waals surface area contributed by atoms with Crippen molar-refractivity contribution in [3.63, 3.8) is 0 Å². The number of nitrogens with zero attached hydrogens (tertiary/aromatic N) is 4. The number of nitriles is 1. The van der Waals surface area contributed by atoms with Crippen LogP contribution in [0.5, 0.6) is 5.75 Å². The first-order chi connectivity index (χ1) is 16.5. The first-order valence-electron chi connectivity index (χ1n) is 11.7. The zero-order valence-corrected chi connectivity index (χ0v) is 21.3. The Balaban J connectivity index is 1.40. The van der Waals surface area contributed by atoms with Crippen molar-refractivity contribution in [3.8, 4) is 11.8 Å². The highest BCUT2D eigenvalue weighted by Gasteiger charge is 2.26. The molecule has 7 nitrogen and oxygen atoms in total. The smallest absolute Gasteiger partial charge is 0.235 e. The Bertz CT molecular complexity index is 1180. The van der Waals surface area contributed by atoms with E-state index in [1.165, 1.54) is 16.6 Å². The van der Waals surface area contributed by atoms with Gasteiger partial charge < -0.3 is 14.6 Å². The van der Waals surface area contributed by atoms with E-state index in [4.69, 9.17) is 4.74 Å². The number of aromatic nitrogens is 3. The number of thiophene rings is 1. The second-order valence-corrected chi connectivity index (χ2v) is 10.4. The highest BCUT2D eigenvalue weighted by molar-refractivity contribution is 7.99. The van der Waals surface area contributed by atoms with Gasteiger partial charge in [0.25, 0.3) is 0 Å². The first kappa shape index (κ1) is 24.3. The van der Waals surface area contributed by atoms with Crippen LogP contribution in [-0.2, 0) is 24.2 Å². The summed E-state index contributed by atoms with van der Waals surface area (Å²) in [5.41, 5.74) is 1.77. The average molecular weight is 496 g/mol. The summed E-state index contributed by atoms with van der Waals surface area (Å²) in [6.07, 6.45) is 3.90. The molecule has 1 aliphatic rings. The predicted octanol–water partition coefficient (Wildman–Crippen LogP) is 5.62. The van der Waals surface area contributed by atoms with Gasteiger partial charge >= 0.3 is 0 Å². The van der Waals surface area contributed by atoms with Crippen LogP contribution in [-0.4, -0.2) is 26.4 Å². The van der Waals surface area contributed by atoms with Gasteiger partial charge in [0.2, 0.25) is 5.91 Å². The van der Waals surface area contributed by atoms with E-state index in [0.717, 1.165) is 42.8 Å². The number of thioether (sulfide) groups is 1. The van der Waals surface area contributed by atoms with E-state index in [0.29, 0.717) is 28.2 Å². The molecule has 34 heavy (non-hydrogen) atoms. The molecule has 0 aliphatic heterocycles. The van der Waals surface area contributed by atoms with Crippen LogP contribution in [0.3, 0.4) is 0 Å². The molecular weight excluding hydrogens is 466 g/mol. The summed E-state index contributed by atoms with van der Waals surface area (Å²) in [6, 6.07) is 11.9. The molecule has 1 N–H and O–H groups in total. The van der Waals surface area contributed by atoms with E-state index in [9.17, 15) is 10.1 Å². The third-order valence-corrected chi connectivity index (χ3v) is 8.26. The molecule has 1 aliphatic carbocycles. The van der Waals surface area contributed by atoms with Crippen LogP contribution in [0.1, 0.15) is 61.5 Å². The Hall–Kier alpha value is -2.83. The molecule has 9 heteroatoms. The first-order valence-corrected chi connectivity index (χ1v) is 13.5.